The second-order valence-corrected chi connectivity index (χ2v) is 7.29. The number of nitrogens with one attached hydrogen (secondary N) is 2. The molecule has 0 unspecified atom stereocenters. The highest BCUT2D eigenvalue weighted by Gasteiger charge is 2.28. The lowest BCUT2D eigenvalue weighted by atomic mass is 9.98. The van der Waals surface area contributed by atoms with Crippen LogP contribution in [0.25, 0.3) is 0 Å². The predicted molar refractivity (Wildman–Crippen MR) is 86.8 cm³/mol. The van der Waals surface area contributed by atoms with Gasteiger partial charge >= 0.3 is 0 Å². The topological polar surface area (TPSA) is 63.1 Å². The minimum Gasteiger partial charge on any atom is -0.349 e. The minimum absolute atomic E-state index is 0.352. The third-order valence-electron chi connectivity index (χ3n) is 4.11. The van der Waals surface area contributed by atoms with Crippen molar-refractivity contribution in [1.82, 2.24) is 14.6 Å². The van der Waals surface area contributed by atoms with E-state index < -0.39 is 15.6 Å². The van der Waals surface area contributed by atoms with Crippen molar-refractivity contribution in [2.24, 2.45) is 0 Å². The van der Waals surface area contributed by atoms with Gasteiger partial charge in [-0.1, -0.05) is 20.8 Å². The summed E-state index contributed by atoms with van der Waals surface area (Å²) in [7, 11) is -3.48. The van der Waals surface area contributed by atoms with Gasteiger partial charge in [0, 0.05) is 30.5 Å². The molecule has 0 radical (unpaired) electrons. The van der Waals surface area contributed by atoms with Crippen molar-refractivity contribution in [3.8, 4) is 0 Å². The van der Waals surface area contributed by atoms with Gasteiger partial charge in [-0.05, 0) is 39.3 Å². The van der Waals surface area contributed by atoms with Gasteiger partial charge in [0.25, 0.3) is 0 Å². The van der Waals surface area contributed by atoms with E-state index in [9.17, 15) is 8.42 Å². The zero-order valence-corrected chi connectivity index (χ0v) is 14.7. The van der Waals surface area contributed by atoms with Crippen LogP contribution in [-0.4, -0.2) is 25.1 Å². The Morgan fingerprint density at radius 3 is 2.29 bits per heavy atom. The lowest BCUT2D eigenvalue weighted by Gasteiger charge is -2.27. The average Bonchev–Trinajstić information content (AvgIpc) is 2.88. The van der Waals surface area contributed by atoms with Gasteiger partial charge in [0.05, 0.1) is 4.90 Å². The number of rotatable bonds is 9. The first-order valence-electron chi connectivity index (χ1n) is 7.75. The van der Waals surface area contributed by atoms with Crippen molar-refractivity contribution < 1.29 is 8.42 Å². The Morgan fingerprint density at radius 1 is 1.19 bits per heavy atom. The summed E-state index contributed by atoms with van der Waals surface area (Å²) in [4.78, 5) is 0.352. The van der Waals surface area contributed by atoms with E-state index in [4.69, 9.17) is 0 Å². The van der Waals surface area contributed by atoms with Crippen LogP contribution in [0, 0.1) is 0 Å². The maximum Gasteiger partial charge on any atom is 0.242 e. The zero-order valence-electron chi connectivity index (χ0n) is 13.9. The van der Waals surface area contributed by atoms with Crippen LogP contribution in [0.1, 0.15) is 53.2 Å². The number of nitrogens with zero attached hydrogens (tertiary/aromatic N) is 1. The van der Waals surface area contributed by atoms with E-state index in [-0.39, 0.29) is 0 Å². The molecule has 6 heteroatoms. The maximum atomic E-state index is 12.6. The molecule has 0 atom stereocenters. The summed E-state index contributed by atoms with van der Waals surface area (Å²) >= 11 is 0. The van der Waals surface area contributed by atoms with Gasteiger partial charge < -0.3 is 9.88 Å². The van der Waals surface area contributed by atoms with Crippen LogP contribution in [-0.2, 0) is 23.1 Å². The molecule has 5 nitrogen and oxygen atoms in total. The normalized spacial score (nSPS) is 12.8. The molecule has 0 amide bonds. The van der Waals surface area contributed by atoms with Crippen molar-refractivity contribution >= 4 is 10.0 Å². The Kier molecular flexibility index (Phi) is 6.43. The van der Waals surface area contributed by atoms with E-state index >= 15 is 0 Å². The largest absolute Gasteiger partial charge is 0.349 e. The van der Waals surface area contributed by atoms with E-state index in [1.54, 1.807) is 12.3 Å². The number of hydrogen-bond donors (Lipinski definition) is 2. The van der Waals surface area contributed by atoms with E-state index in [1.165, 1.54) is 0 Å². The summed E-state index contributed by atoms with van der Waals surface area (Å²) < 4.78 is 30.0. The summed E-state index contributed by atoms with van der Waals surface area (Å²) in [6.07, 6.45) is 3.25. The second kappa shape index (κ2) is 7.42. The van der Waals surface area contributed by atoms with Crippen molar-refractivity contribution in [1.29, 1.82) is 0 Å². The monoisotopic (exact) mass is 315 g/mol. The van der Waals surface area contributed by atoms with Crippen molar-refractivity contribution in [3.63, 3.8) is 0 Å². The average molecular weight is 315 g/mol. The molecule has 0 aliphatic rings. The van der Waals surface area contributed by atoms with Crippen LogP contribution in [0.15, 0.2) is 17.2 Å². The molecule has 0 aromatic carbocycles. The van der Waals surface area contributed by atoms with Crippen molar-refractivity contribution in [2.45, 2.75) is 71.0 Å². The molecule has 0 saturated heterocycles. The number of aromatic nitrogens is 1. The molecule has 1 heterocycles. The molecule has 0 bridgehead atoms. The first kappa shape index (κ1) is 18.2. The van der Waals surface area contributed by atoms with Crippen LogP contribution in [0.2, 0.25) is 0 Å². The Hall–Kier alpha value is -0.850. The van der Waals surface area contributed by atoms with Gasteiger partial charge in [0.2, 0.25) is 10.0 Å². The van der Waals surface area contributed by atoms with Gasteiger partial charge in [-0.2, -0.15) is 0 Å². The van der Waals surface area contributed by atoms with Gasteiger partial charge in [0.15, 0.2) is 0 Å². The van der Waals surface area contributed by atoms with E-state index in [0.717, 1.165) is 31.6 Å². The summed E-state index contributed by atoms with van der Waals surface area (Å²) in [6, 6.07) is 1.76. The molecule has 0 aliphatic carbocycles. The molecule has 1 rings (SSSR count). The number of hydrogen-bond acceptors (Lipinski definition) is 3. The van der Waals surface area contributed by atoms with Crippen molar-refractivity contribution in [3.05, 3.63) is 18.0 Å². The predicted octanol–water partition coefficient (Wildman–Crippen LogP) is 2.47. The molecule has 1 aromatic rings. The highest BCUT2D eigenvalue weighted by atomic mass is 32.2. The van der Waals surface area contributed by atoms with Crippen LogP contribution >= 0.6 is 0 Å². The van der Waals surface area contributed by atoms with E-state index in [0.29, 0.717) is 11.4 Å². The number of aryl methyl sites for hydroxylation is 1. The molecule has 1 aromatic heterocycles. The maximum absolute atomic E-state index is 12.6. The van der Waals surface area contributed by atoms with E-state index in [1.807, 2.05) is 39.2 Å². The van der Waals surface area contributed by atoms with Crippen LogP contribution < -0.4 is 10.0 Å². The molecule has 0 spiro atoms. The second-order valence-electron chi connectivity index (χ2n) is 5.61. The summed E-state index contributed by atoms with van der Waals surface area (Å²) in [6.45, 7) is 12.3. The fraction of sp³-hybridized carbons (Fsp3) is 0.733. The smallest absolute Gasteiger partial charge is 0.242 e. The molecule has 21 heavy (non-hydrogen) atoms. The van der Waals surface area contributed by atoms with Crippen LogP contribution in [0.4, 0.5) is 0 Å². The third-order valence-corrected chi connectivity index (χ3v) is 5.71. The molecular formula is C15H29N3O2S. The SMILES string of the molecule is CCNCc1cc(S(=O)(=O)NC(C)(CC)CC)cn1CC. The lowest BCUT2D eigenvalue weighted by Crippen LogP contribution is -2.44. The van der Waals surface area contributed by atoms with Gasteiger partial charge in [-0.3, -0.25) is 0 Å². The zero-order chi connectivity index (χ0) is 16.1. The minimum atomic E-state index is -3.48. The molecule has 2 N–H and O–H groups in total. The molecule has 0 aliphatic heterocycles. The summed E-state index contributed by atoms with van der Waals surface area (Å²) in [5.74, 6) is 0. The Bertz CT molecular complexity index is 545. The molecule has 0 saturated carbocycles. The van der Waals surface area contributed by atoms with Crippen LogP contribution in [0.3, 0.4) is 0 Å². The third kappa shape index (κ3) is 4.56. The van der Waals surface area contributed by atoms with E-state index in [2.05, 4.69) is 10.0 Å². The Morgan fingerprint density at radius 2 is 1.81 bits per heavy atom. The van der Waals surface area contributed by atoms with Crippen LogP contribution in [0.5, 0.6) is 0 Å². The first-order valence-corrected chi connectivity index (χ1v) is 9.23. The molecule has 0 fully saturated rings. The van der Waals surface area contributed by atoms with Gasteiger partial charge in [-0.25, -0.2) is 13.1 Å². The van der Waals surface area contributed by atoms with Crippen molar-refractivity contribution in [2.75, 3.05) is 6.54 Å². The Balaban J connectivity index is 3.06. The van der Waals surface area contributed by atoms with Gasteiger partial charge in [-0.15, -0.1) is 0 Å². The highest BCUT2D eigenvalue weighted by Crippen LogP contribution is 2.20. The number of sulfonamides is 1. The standard InChI is InChI=1S/C15H29N3O2S/c1-6-15(5,7-2)17-21(19,20)14-10-13(11-16-8-3)18(9-4)12-14/h10,12,16-17H,6-9,11H2,1-5H3. The summed E-state index contributed by atoms with van der Waals surface area (Å²) in [5, 5.41) is 3.24. The fourth-order valence-corrected chi connectivity index (χ4v) is 3.76. The fourth-order valence-electron chi connectivity index (χ4n) is 2.15. The molecule has 122 valence electrons. The highest BCUT2D eigenvalue weighted by molar-refractivity contribution is 7.89. The van der Waals surface area contributed by atoms with Gasteiger partial charge in [0.1, 0.15) is 0 Å². The lowest BCUT2D eigenvalue weighted by molar-refractivity contribution is 0.388. The summed E-state index contributed by atoms with van der Waals surface area (Å²) in [5.41, 5.74) is 0.601. The quantitative estimate of drug-likeness (QED) is 0.736. The molecular weight excluding hydrogens is 286 g/mol. The Labute approximate surface area is 129 Å². The first-order chi connectivity index (χ1) is 9.81.